The second-order valence-corrected chi connectivity index (χ2v) is 7.28. The first-order chi connectivity index (χ1) is 13.9. The number of rotatable bonds is 6. The first kappa shape index (κ1) is 20.8. The van der Waals surface area contributed by atoms with E-state index in [4.69, 9.17) is 16.3 Å². The van der Waals surface area contributed by atoms with Gasteiger partial charge in [0.15, 0.2) is 6.61 Å². The summed E-state index contributed by atoms with van der Waals surface area (Å²) >= 11 is 5.89. The summed E-state index contributed by atoms with van der Waals surface area (Å²) in [6.07, 6.45) is 0.593. The molecule has 6 heteroatoms. The van der Waals surface area contributed by atoms with Crippen LogP contribution in [0.5, 0.6) is 0 Å². The summed E-state index contributed by atoms with van der Waals surface area (Å²) in [6.45, 7) is 5.32. The second kappa shape index (κ2) is 9.05. The number of nitrogens with one attached hydrogen (secondary N) is 1. The predicted octanol–water partition coefficient (Wildman–Crippen LogP) is 4.79. The second-order valence-electron chi connectivity index (χ2n) is 6.85. The van der Waals surface area contributed by atoms with Crippen LogP contribution >= 0.6 is 11.6 Å². The van der Waals surface area contributed by atoms with Gasteiger partial charge in [0, 0.05) is 10.4 Å². The van der Waals surface area contributed by atoms with E-state index in [0.29, 0.717) is 22.7 Å². The number of aryl methyl sites for hydroxylation is 2. The fraction of sp³-hybridized carbons (Fsp3) is 0.261. The lowest BCUT2D eigenvalue weighted by Gasteiger charge is -2.16. The fourth-order valence-electron chi connectivity index (χ4n) is 3.29. The molecule has 3 aromatic rings. The molecule has 0 bridgehead atoms. The Balaban J connectivity index is 1.69. The Labute approximate surface area is 175 Å². The van der Waals surface area contributed by atoms with Gasteiger partial charge in [-0.2, -0.15) is 0 Å². The maximum Gasteiger partial charge on any atom is 0.340 e. The Bertz CT molecular complexity index is 1050. The third-order valence-corrected chi connectivity index (χ3v) is 5.10. The number of aromatic nitrogens is 1. The van der Waals surface area contributed by atoms with Gasteiger partial charge in [-0.1, -0.05) is 48.9 Å². The number of pyridine rings is 1. The predicted molar refractivity (Wildman–Crippen MR) is 114 cm³/mol. The minimum Gasteiger partial charge on any atom is -0.452 e. The normalized spacial score (nSPS) is 11.9. The van der Waals surface area contributed by atoms with Gasteiger partial charge in [-0.3, -0.25) is 9.78 Å². The minimum absolute atomic E-state index is 0.228. The minimum atomic E-state index is -0.535. The highest BCUT2D eigenvalue weighted by Gasteiger charge is 2.20. The number of fused-ring (bicyclic) bond motifs is 1. The monoisotopic (exact) mass is 410 g/mol. The van der Waals surface area contributed by atoms with Crippen molar-refractivity contribution in [3.05, 3.63) is 75.9 Å². The van der Waals surface area contributed by atoms with Crippen molar-refractivity contribution in [2.75, 3.05) is 6.61 Å². The molecule has 1 heterocycles. The van der Waals surface area contributed by atoms with Crippen LogP contribution < -0.4 is 5.32 Å². The first-order valence-electron chi connectivity index (χ1n) is 9.50. The molecule has 0 saturated carbocycles. The van der Waals surface area contributed by atoms with E-state index in [1.807, 2.05) is 57.2 Å². The molecule has 3 rings (SSSR count). The molecule has 0 aliphatic carbocycles. The van der Waals surface area contributed by atoms with Gasteiger partial charge in [0.25, 0.3) is 5.91 Å². The average Bonchev–Trinajstić information content (AvgIpc) is 2.72. The van der Waals surface area contributed by atoms with Crippen molar-refractivity contribution in [3.63, 3.8) is 0 Å². The van der Waals surface area contributed by atoms with Crippen molar-refractivity contribution >= 4 is 34.4 Å². The van der Waals surface area contributed by atoms with E-state index in [-0.39, 0.29) is 18.6 Å². The quantitative estimate of drug-likeness (QED) is 0.593. The molecular weight excluding hydrogens is 388 g/mol. The molecule has 2 aromatic carbocycles. The van der Waals surface area contributed by atoms with E-state index in [1.54, 1.807) is 12.1 Å². The molecule has 0 aliphatic rings. The van der Waals surface area contributed by atoms with Crippen LogP contribution in [0.4, 0.5) is 0 Å². The summed E-state index contributed by atoms with van der Waals surface area (Å²) in [5, 5.41) is 4.35. The average molecular weight is 411 g/mol. The third-order valence-electron chi connectivity index (χ3n) is 4.85. The summed E-state index contributed by atoms with van der Waals surface area (Å²) in [7, 11) is 0. The topological polar surface area (TPSA) is 68.3 Å². The number of ether oxygens (including phenoxy) is 1. The molecule has 1 aromatic heterocycles. The maximum atomic E-state index is 12.7. The van der Waals surface area contributed by atoms with E-state index < -0.39 is 5.97 Å². The molecule has 29 heavy (non-hydrogen) atoms. The van der Waals surface area contributed by atoms with Gasteiger partial charge >= 0.3 is 5.97 Å². The Kier molecular flexibility index (Phi) is 6.49. The summed E-state index contributed by atoms with van der Waals surface area (Å²) in [5.41, 5.74) is 3.67. The van der Waals surface area contributed by atoms with Crippen LogP contribution in [0, 0.1) is 6.92 Å². The van der Waals surface area contributed by atoms with E-state index in [9.17, 15) is 9.59 Å². The van der Waals surface area contributed by atoms with Gasteiger partial charge < -0.3 is 10.1 Å². The number of halogens is 1. The standard InChI is InChI=1S/C23H23ClN2O3/c1-4-19-22(14(2)18-7-5-6-8-20(18)26-19)23(28)29-13-21(27)25-15(3)16-9-11-17(24)12-10-16/h5-12,15H,4,13H2,1-3H3,(H,25,27)/t15-/m1/s1. The van der Waals surface area contributed by atoms with Crippen molar-refractivity contribution in [3.8, 4) is 0 Å². The number of esters is 1. The van der Waals surface area contributed by atoms with Crippen LogP contribution in [-0.4, -0.2) is 23.5 Å². The van der Waals surface area contributed by atoms with Crippen molar-refractivity contribution in [2.45, 2.75) is 33.2 Å². The first-order valence-corrected chi connectivity index (χ1v) is 9.88. The fourth-order valence-corrected chi connectivity index (χ4v) is 3.41. The molecule has 1 atom stereocenters. The molecule has 0 fully saturated rings. The molecule has 1 amide bonds. The smallest absolute Gasteiger partial charge is 0.340 e. The van der Waals surface area contributed by atoms with Crippen molar-refractivity contribution in [1.82, 2.24) is 10.3 Å². The highest BCUT2D eigenvalue weighted by atomic mass is 35.5. The lowest BCUT2D eigenvalue weighted by atomic mass is 10.0. The lowest BCUT2D eigenvalue weighted by molar-refractivity contribution is -0.124. The summed E-state index contributed by atoms with van der Waals surface area (Å²) < 4.78 is 5.31. The SMILES string of the molecule is CCc1nc2ccccc2c(C)c1C(=O)OCC(=O)N[C@H](C)c1ccc(Cl)cc1. The van der Waals surface area contributed by atoms with E-state index in [0.717, 1.165) is 22.0 Å². The van der Waals surface area contributed by atoms with Crippen LogP contribution in [0.1, 0.15) is 47.1 Å². The van der Waals surface area contributed by atoms with Gasteiger partial charge in [-0.25, -0.2) is 4.79 Å². The highest BCUT2D eigenvalue weighted by Crippen LogP contribution is 2.24. The van der Waals surface area contributed by atoms with Gasteiger partial charge in [0.1, 0.15) is 0 Å². The van der Waals surface area contributed by atoms with Crippen molar-refractivity contribution < 1.29 is 14.3 Å². The summed E-state index contributed by atoms with van der Waals surface area (Å²) in [4.78, 5) is 29.6. The molecule has 0 spiro atoms. The van der Waals surface area contributed by atoms with Crippen LogP contribution in [0.15, 0.2) is 48.5 Å². The van der Waals surface area contributed by atoms with Crippen LogP contribution in [-0.2, 0) is 16.0 Å². The molecule has 150 valence electrons. The zero-order valence-corrected chi connectivity index (χ0v) is 17.4. The number of hydrogen-bond acceptors (Lipinski definition) is 4. The zero-order valence-electron chi connectivity index (χ0n) is 16.7. The number of nitrogens with zero attached hydrogens (tertiary/aromatic N) is 1. The largest absolute Gasteiger partial charge is 0.452 e. The maximum absolute atomic E-state index is 12.7. The molecule has 1 N–H and O–H groups in total. The van der Waals surface area contributed by atoms with Gasteiger partial charge in [-0.05, 0) is 49.6 Å². The highest BCUT2D eigenvalue weighted by molar-refractivity contribution is 6.30. The number of amides is 1. The van der Waals surface area contributed by atoms with Crippen molar-refractivity contribution in [2.24, 2.45) is 0 Å². The Morgan fingerprint density at radius 1 is 1.14 bits per heavy atom. The number of para-hydroxylation sites is 1. The van der Waals surface area contributed by atoms with Crippen molar-refractivity contribution in [1.29, 1.82) is 0 Å². The molecule has 0 radical (unpaired) electrons. The van der Waals surface area contributed by atoms with Crippen LogP contribution in [0.25, 0.3) is 10.9 Å². The molecule has 0 unspecified atom stereocenters. The Morgan fingerprint density at radius 3 is 2.52 bits per heavy atom. The molecular formula is C23H23ClN2O3. The van der Waals surface area contributed by atoms with Crippen LogP contribution in [0.2, 0.25) is 5.02 Å². The number of benzene rings is 2. The van der Waals surface area contributed by atoms with E-state index in [1.165, 1.54) is 0 Å². The number of carbonyl (C=O) groups is 2. The van der Waals surface area contributed by atoms with Gasteiger partial charge in [-0.15, -0.1) is 0 Å². The van der Waals surface area contributed by atoms with Crippen LogP contribution in [0.3, 0.4) is 0 Å². The van der Waals surface area contributed by atoms with Gasteiger partial charge in [0.2, 0.25) is 0 Å². The Hall–Kier alpha value is -2.92. The molecule has 0 aliphatic heterocycles. The summed E-state index contributed by atoms with van der Waals surface area (Å²) in [5.74, 6) is -0.905. The molecule has 0 saturated heterocycles. The third kappa shape index (κ3) is 4.74. The van der Waals surface area contributed by atoms with E-state index >= 15 is 0 Å². The number of hydrogen-bond donors (Lipinski definition) is 1. The molecule has 5 nitrogen and oxygen atoms in total. The Morgan fingerprint density at radius 2 is 1.83 bits per heavy atom. The van der Waals surface area contributed by atoms with Gasteiger partial charge in [0.05, 0.1) is 22.8 Å². The lowest BCUT2D eigenvalue weighted by Crippen LogP contribution is -2.31. The van der Waals surface area contributed by atoms with E-state index in [2.05, 4.69) is 10.3 Å². The zero-order chi connectivity index (χ0) is 21.0. The summed E-state index contributed by atoms with van der Waals surface area (Å²) in [6, 6.07) is 14.7. The number of carbonyl (C=O) groups excluding carboxylic acids is 2.